The highest BCUT2D eigenvalue weighted by atomic mass is 16.6. The molecule has 0 aromatic heterocycles. The number of hydrogen-bond donors (Lipinski definition) is 1. The van der Waals surface area contributed by atoms with Crippen LogP contribution in [-0.4, -0.2) is 23.6 Å². The van der Waals surface area contributed by atoms with E-state index in [0.717, 1.165) is 31.2 Å². The van der Waals surface area contributed by atoms with Crippen molar-refractivity contribution in [2.45, 2.75) is 44.8 Å². The summed E-state index contributed by atoms with van der Waals surface area (Å²) in [5, 5.41) is 13.5. The lowest BCUT2D eigenvalue weighted by Gasteiger charge is -2.28. The van der Waals surface area contributed by atoms with Gasteiger partial charge in [-0.3, -0.25) is 10.1 Å². The number of nitrogens with one attached hydrogen (secondary N) is 1. The van der Waals surface area contributed by atoms with E-state index < -0.39 is 12.1 Å². The van der Waals surface area contributed by atoms with Gasteiger partial charge >= 0.3 is 6.09 Å². The molecule has 1 atom stereocenters. The Kier molecular flexibility index (Phi) is 6.18. The van der Waals surface area contributed by atoms with Gasteiger partial charge < -0.3 is 10.1 Å². The first-order valence-electron chi connectivity index (χ1n) is 7.74. The first kappa shape index (κ1) is 16.3. The number of carbonyl (C=O) groups is 1. The molecule has 1 amide bonds. The third-order valence-corrected chi connectivity index (χ3v) is 4.08. The van der Waals surface area contributed by atoms with Crippen LogP contribution in [0, 0.1) is 16.0 Å². The SMILES string of the molecule is O=C(NC(C[N+](=O)[O-])C1CCCCC1)OCc1ccccc1. The molecule has 22 heavy (non-hydrogen) atoms. The summed E-state index contributed by atoms with van der Waals surface area (Å²) in [5.74, 6) is 0.170. The Hall–Kier alpha value is -2.11. The molecule has 2 rings (SSSR count). The number of amides is 1. The zero-order valence-electron chi connectivity index (χ0n) is 12.6. The lowest BCUT2D eigenvalue weighted by Crippen LogP contribution is -2.45. The topological polar surface area (TPSA) is 81.5 Å². The Morgan fingerprint density at radius 2 is 1.95 bits per heavy atom. The van der Waals surface area contributed by atoms with E-state index in [1.54, 1.807) is 0 Å². The summed E-state index contributed by atoms with van der Waals surface area (Å²) in [6.45, 7) is -0.0758. The maximum absolute atomic E-state index is 11.9. The smallest absolute Gasteiger partial charge is 0.407 e. The van der Waals surface area contributed by atoms with Gasteiger partial charge in [-0.05, 0) is 24.3 Å². The molecule has 1 fully saturated rings. The number of carbonyl (C=O) groups excluding carboxylic acids is 1. The molecule has 0 radical (unpaired) electrons. The maximum atomic E-state index is 11.9. The highest BCUT2D eigenvalue weighted by Crippen LogP contribution is 2.26. The van der Waals surface area contributed by atoms with Crippen LogP contribution in [0.2, 0.25) is 0 Å². The van der Waals surface area contributed by atoms with Crippen molar-refractivity contribution in [2.75, 3.05) is 6.54 Å². The molecular formula is C16H22N2O4. The molecule has 0 spiro atoms. The van der Waals surface area contributed by atoms with Crippen molar-refractivity contribution in [3.63, 3.8) is 0 Å². The van der Waals surface area contributed by atoms with E-state index >= 15 is 0 Å². The number of alkyl carbamates (subject to hydrolysis) is 1. The van der Waals surface area contributed by atoms with E-state index in [-0.39, 0.29) is 24.0 Å². The predicted molar refractivity (Wildman–Crippen MR) is 82.0 cm³/mol. The molecule has 1 aliphatic carbocycles. The Balaban J connectivity index is 1.85. The summed E-state index contributed by atoms with van der Waals surface area (Å²) < 4.78 is 5.16. The Morgan fingerprint density at radius 3 is 2.59 bits per heavy atom. The monoisotopic (exact) mass is 306 g/mol. The van der Waals surface area contributed by atoms with Crippen molar-refractivity contribution in [2.24, 2.45) is 5.92 Å². The third kappa shape index (κ3) is 5.35. The summed E-state index contributed by atoms with van der Waals surface area (Å²) in [4.78, 5) is 22.4. The highest BCUT2D eigenvalue weighted by molar-refractivity contribution is 5.67. The first-order chi connectivity index (χ1) is 10.6. The van der Waals surface area contributed by atoms with Crippen LogP contribution in [0.15, 0.2) is 30.3 Å². The maximum Gasteiger partial charge on any atom is 0.407 e. The van der Waals surface area contributed by atoms with Gasteiger partial charge in [0.15, 0.2) is 0 Å². The number of nitro groups is 1. The van der Waals surface area contributed by atoms with E-state index in [1.807, 2.05) is 30.3 Å². The molecular weight excluding hydrogens is 284 g/mol. The molecule has 0 aliphatic heterocycles. The van der Waals surface area contributed by atoms with Gasteiger partial charge in [0, 0.05) is 4.92 Å². The van der Waals surface area contributed by atoms with Gasteiger partial charge in [-0.2, -0.15) is 0 Å². The molecule has 0 heterocycles. The third-order valence-electron chi connectivity index (χ3n) is 4.08. The Labute approximate surface area is 130 Å². The van der Waals surface area contributed by atoms with Gasteiger partial charge in [0.25, 0.3) is 0 Å². The second kappa shape index (κ2) is 8.36. The average molecular weight is 306 g/mol. The van der Waals surface area contributed by atoms with Crippen molar-refractivity contribution in [1.29, 1.82) is 0 Å². The van der Waals surface area contributed by atoms with Gasteiger partial charge in [-0.1, -0.05) is 49.6 Å². The van der Waals surface area contributed by atoms with Crippen LogP contribution in [0.25, 0.3) is 0 Å². The van der Waals surface area contributed by atoms with Crippen LogP contribution < -0.4 is 5.32 Å². The van der Waals surface area contributed by atoms with Crippen LogP contribution in [0.5, 0.6) is 0 Å². The normalized spacial score (nSPS) is 16.7. The second-order valence-electron chi connectivity index (χ2n) is 5.73. The number of hydrogen-bond acceptors (Lipinski definition) is 4. The number of nitrogens with zero attached hydrogens (tertiary/aromatic N) is 1. The number of benzene rings is 1. The van der Waals surface area contributed by atoms with Crippen LogP contribution in [0.4, 0.5) is 4.79 Å². The second-order valence-corrected chi connectivity index (χ2v) is 5.73. The quantitative estimate of drug-likeness (QED) is 0.646. The van der Waals surface area contributed by atoms with Crippen molar-refractivity contribution >= 4 is 6.09 Å². The van der Waals surface area contributed by atoms with Crippen molar-refractivity contribution in [1.82, 2.24) is 5.32 Å². The standard InChI is InChI=1S/C16H22N2O4/c19-16(22-12-13-7-3-1-4-8-13)17-15(11-18(20)21)14-9-5-2-6-10-14/h1,3-4,7-8,14-15H,2,5-6,9-12H2,(H,17,19). The minimum absolute atomic E-state index is 0.169. The molecule has 1 aliphatic rings. The average Bonchev–Trinajstić information content (AvgIpc) is 2.54. The van der Waals surface area contributed by atoms with Crippen molar-refractivity contribution in [3.05, 3.63) is 46.0 Å². The van der Waals surface area contributed by atoms with Crippen molar-refractivity contribution < 1.29 is 14.5 Å². The van der Waals surface area contributed by atoms with E-state index in [4.69, 9.17) is 4.74 Å². The van der Waals surface area contributed by atoms with E-state index in [1.165, 1.54) is 6.42 Å². The molecule has 0 bridgehead atoms. The van der Waals surface area contributed by atoms with Gasteiger partial charge in [0.1, 0.15) is 6.61 Å². The number of ether oxygens (including phenoxy) is 1. The van der Waals surface area contributed by atoms with Gasteiger partial charge in [-0.15, -0.1) is 0 Å². The van der Waals surface area contributed by atoms with Crippen LogP contribution in [-0.2, 0) is 11.3 Å². The lowest BCUT2D eigenvalue weighted by molar-refractivity contribution is -0.485. The molecule has 6 heteroatoms. The fourth-order valence-electron chi connectivity index (χ4n) is 2.93. The Bertz CT molecular complexity index is 486. The molecule has 0 saturated heterocycles. The molecule has 1 aromatic carbocycles. The predicted octanol–water partition coefficient (Wildman–Crippen LogP) is 3.14. The molecule has 1 aromatic rings. The zero-order valence-corrected chi connectivity index (χ0v) is 12.6. The van der Waals surface area contributed by atoms with Gasteiger partial charge in [0.2, 0.25) is 6.54 Å². The van der Waals surface area contributed by atoms with E-state index in [2.05, 4.69) is 5.32 Å². The fraction of sp³-hybridized carbons (Fsp3) is 0.562. The molecule has 120 valence electrons. The lowest BCUT2D eigenvalue weighted by atomic mass is 9.84. The Morgan fingerprint density at radius 1 is 1.27 bits per heavy atom. The molecule has 1 unspecified atom stereocenters. The minimum Gasteiger partial charge on any atom is -0.445 e. The minimum atomic E-state index is -0.582. The summed E-state index contributed by atoms with van der Waals surface area (Å²) in [5.41, 5.74) is 0.890. The fourth-order valence-corrected chi connectivity index (χ4v) is 2.93. The summed E-state index contributed by atoms with van der Waals surface area (Å²) in [6.07, 6.45) is 4.58. The first-order valence-corrected chi connectivity index (χ1v) is 7.74. The molecule has 1 N–H and O–H groups in total. The summed E-state index contributed by atoms with van der Waals surface area (Å²) in [6, 6.07) is 8.91. The van der Waals surface area contributed by atoms with Gasteiger partial charge in [-0.25, -0.2) is 4.79 Å². The summed E-state index contributed by atoms with van der Waals surface area (Å²) >= 11 is 0. The largest absolute Gasteiger partial charge is 0.445 e. The number of rotatable bonds is 6. The molecule has 6 nitrogen and oxygen atoms in total. The van der Waals surface area contributed by atoms with Crippen LogP contribution in [0.1, 0.15) is 37.7 Å². The molecule has 1 saturated carbocycles. The van der Waals surface area contributed by atoms with E-state index in [0.29, 0.717) is 0 Å². The zero-order chi connectivity index (χ0) is 15.8. The van der Waals surface area contributed by atoms with E-state index in [9.17, 15) is 14.9 Å². The van der Waals surface area contributed by atoms with Crippen LogP contribution in [0.3, 0.4) is 0 Å². The van der Waals surface area contributed by atoms with Crippen molar-refractivity contribution in [3.8, 4) is 0 Å². The van der Waals surface area contributed by atoms with Gasteiger partial charge in [0.05, 0.1) is 6.04 Å². The highest BCUT2D eigenvalue weighted by Gasteiger charge is 2.29. The van der Waals surface area contributed by atoms with Crippen LogP contribution >= 0.6 is 0 Å². The summed E-state index contributed by atoms with van der Waals surface area (Å²) in [7, 11) is 0.